The van der Waals surface area contributed by atoms with Gasteiger partial charge in [-0.15, -0.1) is 0 Å². The van der Waals surface area contributed by atoms with E-state index in [1.54, 1.807) is 6.08 Å². The second-order valence-electron chi connectivity index (χ2n) is 6.02. The van der Waals surface area contributed by atoms with Crippen molar-refractivity contribution in [3.63, 3.8) is 0 Å². The lowest BCUT2D eigenvalue weighted by molar-refractivity contribution is -0.141. The summed E-state index contributed by atoms with van der Waals surface area (Å²) in [5.74, 6) is 0.0324. The molecule has 2 atom stereocenters. The van der Waals surface area contributed by atoms with Gasteiger partial charge >= 0.3 is 0 Å². The zero-order chi connectivity index (χ0) is 13.6. The van der Waals surface area contributed by atoms with E-state index < -0.39 is 10.8 Å². The minimum atomic E-state index is -0.695. The van der Waals surface area contributed by atoms with Crippen LogP contribution in [0.4, 0.5) is 0 Å². The van der Waals surface area contributed by atoms with E-state index in [1.165, 1.54) is 6.08 Å². The number of allylic oxidation sites excluding steroid dienone is 3. The zero-order valence-corrected chi connectivity index (χ0v) is 11.2. The monoisotopic (exact) mass is 248 g/mol. The molecule has 0 saturated heterocycles. The average Bonchev–Trinajstić information content (AvgIpc) is 2.62. The van der Waals surface area contributed by atoms with Gasteiger partial charge in [0.1, 0.15) is 0 Å². The SMILES string of the molecule is CC1=CC(=O)[C@@](C)([C@]2(C)CC(CO)=CC2=O)CC1. The van der Waals surface area contributed by atoms with Crippen LogP contribution in [0.3, 0.4) is 0 Å². The van der Waals surface area contributed by atoms with Gasteiger partial charge in [-0.3, -0.25) is 9.59 Å². The van der Waals surface area contributed by atoms with E-state index in [4.69, 9.17) is 0 Å². The minimum absolute atomic E-state index is 0.0182. The fraction of sp³-hybridized carbons (Fsp3) is 0.600. The van der Waals surface area contributed by atoms with Gasteiger partial charge in [-0.05, 0) is 43.9 Å². The first-order valence-corrected chi connectivity index (χ1v) is 6.40. The van der Waals surface area contributed by atoms with Crippen LogP contribution in [-0.2, 0) is 9.59 Å². The third-order valence-corrected chi connectivity index (χ3v) is 4.82. The molecule has 18 heavy (non-hydrogen) atoms. The van der Waals surface area contributed by atoms with Crippen LogP contribution in [0.5, 0.6) is 0 Å². The molecule has 0 heterocycles. The number of ketones is 2. The molecule has 0 spiro atoms. The Balaban J connectivity index is 2.38. The van der Waals surface area contributed by atoms with Gasteiger partial charge in [0.2, 0.25) is 0 Å². The summed E-state index contributed by atoms with van der Waals surface area (Å²) in [5, 5.41) is 9.19. The summed E-state index contributed by atoms with van der Waals surface area (Å²) < 4.78 is 0. The molecule has 0 saturated carbocycles. The Morgan fingerprint density at radius 3 is 2.28 bits per heavy atom. The van der Waals surface area contributed by atoms with E-state index in [-0.39, 0.29) is 18.2 Å². The number of hydrogen-bond donors (Lipinski definition) is 1. The third-order valence-electron chi connectivity index (χ3n) is 4.82. The van der Waals surface area contributed by atoms with Crippen molar-refractivity contribution in [1.29, 1.82) is 0 Å². The Bertz CT molecular complexity index is 472. The quantitative estimate of drug-likeness (QED) is 0.815. The Morgan fingerprint density at radius 1 is 1.17 bits per heavy atom. The Hall–Kier alpha value is -1.22. The summed E-state index contributed by atoms with van der Waals surface area (Å²) in [5.41, 5.74) is 0.487. The van der Waals surface area contributed by atoms with Crippen molar-refractivity contribution in [1.82, 2.24) is 0 Å². The first-order valence-electron chi connectivity index (χ1n) is 6.40. The first kappa shape index (κ1) is 13.2. The summed E-state index contributed by atoms with van der Waals surface area (Å²) in [6, 6.07) is 0. The summed E-state index contributed by atoms with van der Waals surface area (Å²) >= 11 is 0. The summed E-state index contributed by atoms with van der Waals surface area (Å²) in [6.45, 7) is 5.61. The number of aliphatic hydroxyl groups excluding tert-OH is 1. The molecular formula is C15H20O3. The van der Waals surface area contributed by atoms with Crippen LogP contribution >= 0.6 is 0 Å². The highest BCUT2D eigenvalue weighted by atomic mass is 16.3. The van der Waals surface area contributed by atoms with Crippen LogP contribution < -0.4 is 0 Å². The molecule has 2 rings (SSSR count). The maximum Gasteiger partial charge on any atom is 0.162 e. The number of rotatable bonds is 2. The van der Waals surface area contributed by atoms with Crippen LogP contribution in [-0.4, -0.2) is 23.3 Å². The van der Waals surface area contributed by atoms with Gasteiger partial charge < -0.3 is 5.11 Å². The fourth-order valence-corrected chi connectivity index (χ4v) is 3.08. The number of carbonyl (C=O) groups is 2. The van der Waals surface area contributed by atoms with E-state index >= 15 is 0 Å². The van der Waals surface area contributed by atoms with Crippen LogP contribution in [0.1, 0.15) is 40.0 Å². The van der Waals surface area contributed by atoms with E-state index in [1.807, 2.05) is 20.8 Å². The summed E-state index contributed by atoms with van der Waals surface area (Å²) in [4.78, 5) is 24.6. The van der Waals surface area contributed by atoms with E-state index in [2.05, 4.69) is 0 Å². The summed E-state index contributed by atoms with van der Waals surface area (Å²) in [6.07, 6.45) is 5.27. The molecule has 3 nitrogen and oxygen atoms in total. The highest BCUT2D eigenvalue weighted by molar-refractivity contribution is 6.06. The summed E-state index contributed by atoms with van der Waals surface area (Å²) in [7, 11) is 0. The molecule has 1 N–H and O–H groups in total. The Kier molecular flexibility index (Phi) is 3.06. The van der Waals surface area contributed by atoms with Crippen molar-refractivity contribution in [2.24, 2.45) is 10.8 Å². The van der Waals surface area contributed by atoms with Crippen LogP contribution in [0.15, 0.2) is 23.3 Å². The van der Waals surface area contributed by atoms with Crippen LogP contribution in [0, 0.1) is 10.8 Å². The van der Waals surface area contributed by atoms with Crippen molar-refractivity contribution >= 4 is 11.6 Å². The zero-order valence-electron chi connectivity index (χ0n) is 11.2. The molecule has 0 aliphatic heterocycles. The molecular weight excluding hydrogens is 228 g/mol. The molecule has 0 aromatic heterocycles. The van der Waals surface area contributed by atoms with Crippen molar-refractivity contribution in [3.05, 3.63) is 23.3 Å². The predicted molar refractivity (Wildman–Crippen MR) is 69.0 cm³/mol. The molecule has 0 fully saturated rings. The van der Waals surface area contributed by atoms with Crippen molar-refractivity contribution in [3.8, 4) is 0 Å². The highest BCUT2D eigenvalue weighted by Crippen LogP contribution is 2.53. The lowest BCUT2D eigenvalue weighted by Crippen LogP contribution is -2.47. The second-order valence-corrected chi connectivity index (χ2v) is 6.02. The van der Waals surface area contributed by atoms with Crippen molar-refractivity contribution < 1.29 is 14.7 Å². The molecule has 2 aliphatic rings. The molecule has 3 heteroatoms. The topological polar surface area (TPSA) is 54.4 Å². The van der Waals surface area contributed by atoms with Gasteiger partial charge in [0.25, 0.3) is 0 Å². The van der Waals surface area contributed by atoms with Crippen molar-refractivity contribution in [2.45, 2.75) is 40.0 Å². The average molecular weight is 248 g/mol. The normalized spacial score (nSPS) is 36.7. The van der Waals surface area contributed by atoms with Gasteiger partial charge in [-0.25, -0.2) is 0 Å². The van der Waals surface area contributed by atoms with Crippen LogP contribution in [0.25, 0.3) is 0 Å². The molecule has 0 unspecified atom stereocenters. The van der Waals surface area contributed by atoms with E-state index in [9.17, 15) is 14.7 Å². The molecule has 0 radical (unpaired) electrons. The van der Waals surface area contributed by atoms with Gasteiger partial charge in [-0.1, -0.05) is 19.4 Å². The predicted octanol–water partition coefficient (Wildman–Crippen LogP) is 2.20. The molecule has 0 amide bonds. The lowest BCUT2D eigenvalue weighted by atomic mass is 9.57. The highest BCUT2D eigenvalue weighted by Gasteiger charge is 2.55. The molecule has 2 aliphatic carbocycles. The molecule has 0 aromatic rings. The van der Waals surface area contributed by atoms with E-state index in [0.717, 1.165) is 17.6 Å². The van der Waals surface area contributed by atoms with Gasteiger partial charge in [0, 0.05) is 10.8 Å². The minimum Gasteiger partial charge on any atom is -0.392 e. The Morgan fingerprint density at radius 2 is 1.78 bits per heavy atom. The first-order chi connectivity index (χ1) is 8.33. The number of carbonyl (C=O) groups excluding carboxylic acids is 2. The number of aliphatic hydroxyl groups is 1. The number of hydrogen-bond acceptors (Lipinski definition) is 3. The molecule has 0 aromatic carbocycles. The lowest BCUT2D eigenvalue weighted by Gasteiger charge is -2.43. The van der Waals surface area contributed by atoms with Crippen LogP contribution in [0.2, 0.25) is 0 Å². The Labute approximate surface area is 108 Å². The second kappa shape index (κ2) is 4.16. The third kappa shape index (κ3) is 1.69. The van der Waals surface area contributed by atoms with Gasteiger partial charge in [-0.2, -0.15) is 0 Å². The standard InChI is InChI=1S/C15H20O3/c1-10-4-5-14(2,12(17)6-10)15(3)8-11(9-16)7-13(15)18/h6-7,16H,4-5,8-9H2,1-3H3/t14-,15+/m0/s1. The smallest absolute Gasteiger partial charge is 0.162 e. The molecule has 98 valence electrons. The van der Waals surface area contributed by atoms with Gasteiger partial charge in [0.15, 0.2) is 11.6 Å². The largest absolute Gasteiger partial charge is 0.392 e. The fourth-order valence-electron chi connectivity index (χ4n) is 3.08. The maximum absolute atomic E-state index is 12.3. The molecule has 0 bridgehead atoms. The van der Waals surface area contributed by atoms with E-state index in [0.29, 0.717) is 12.8 Å². The van der Waals surface area contributed by atoms with Crippen molar-refractivity contribution in [2.75, 3.05) is 6.61 Å². The maximum atomic E-state index is 12.3. The van der Waals surface area contributed by atoms with Gasteiger partial charge in [0.05, 0.1) is 6.61 Å².